The van der Waals surface area contributed by atoms with E-state index in [0.29, 0.717) is 0 Å². The number of hydrogen-bond acceptors (Lipinski definition) is 8. The van der Waals surface area contributed by atoms with Crippen LogP contribution in [0.25, 0.3) is 0 Å². The van der Waals surface area contributed by atoms with Gasteiger partial charge >= 0.3 is 24.2 Å². The normalized spacial score (nSPS) is 25.2. The molecule has 10 nitrogen and oxygen atoms in total. The number of halogens is 4. The van der Waals surface area contributed by atoms with Gasteiger partial charge in [-0.1, -0.05) is 0 Å². The summed E-state index contributed by atoms with van der Waals surface area (Å²) >= 11 is 0. The molecule has 3 N–H and O–H groups in total. The Hall–Kier alpha value is 1.15. The zero-order valence-electron chi connectivity index (χ0n) is 11.5. The predicted octanol–water partition coefficient (Wildman–Crippen LogP) is 4.14. The topological polar surface area (TPSA) is 121 Å². The molecule has 140 valence electrons. The Bertz CT molecular complexity index is 422. The highest BCUT2D eigenvalue weighted by Gasteiger charge is 2.40. The molecule has 1 saturated heterocycles. The lowest BCUT2D eigenvalue weighted by Crippen LogP contribution is -2.16. The zero-order chi connectivity index (χ0) is 18.3. The fourth-order valence-electron chi connectivity index (χ4n) is 0.826. The van der Waals surface area contributed by atoms with Crippen LogP contribution in [-0.4, -0.2) is 32.3 Å². The highest BCUT2D eigenvalue weighted by molar-refractivity contribution is 7.74. The molecule has 1 rings (SSSR count). The van der Waals surface area contributed by atoms with Crippen molar-refractivity contribution in [2.45, 2.75) is 13.8 Å². The van der Waals surface area contributed by atoms with Gasteiger partial charge in [0.05, 0.1) is 22.1 Å². The minimum absolute atomic E-state index is 0.0305. The third-order valence-corrected chi connectivity index (χ3v) is 8.12. The molecule has 0 aromatic rings. The molecule has 0 bridgehead atoms. The molecule has 1 fully saturated rings. The molecule has 1 aliphatic rings. The smallest absolute Gasteiger partial charge is 0.302 e. The van der Waals surface area contributed by atoms with Crippen LogP contribution in [0.3, 0.4) is 0 Å². The first-order valence-electron chi connectivity index (χ1n) is 5.46. The van der Waals surface area contributed by atoms with E-state index in [-0.39, 0.29) is 13.2 Å². The fraction of sp³-hybridized carbons (Fsp3) is 1.00. The Labute approximate surface area is 133 Å². The van der Waals surface area contributed by atoms with Crippen LogP contribution in [0.1, 0.15) is 13.8 Å². The van der Waals surface area contributed by atoms with E-state index in [1.165, 1.54) is 13.8 Å². The van der Waals surface area contributed by atoms with E-state index in [9.17, 15) is 26.5 Å². The second kappa shape index (κ2) is 11.0. The highest BCUT2D eigenvalue weighted by atomic mass is 31.3. The van der Waals surface area contributed by atoms with Crippen LogP contribution in [-0.2, 0) is 22.5 Å². The Balaban J connectivity index is 0.000000433. The molecule has 23 heavy (non-hydrogen) atoms. The summed E-state index contributed by atoms with van der Waals surface area (Å²) in [5.41, 5.74) is 0. The predicted molar refractivity (Wildman–Crippen MR) is 77.4 cm³/mol. The summed E-state index contributed by atoms with van der Waals surface area (Å²) in [6, 6.07) is 0. The van der Waals surface area contributed by atoms with Gasteiger partial charge in [-0.3, -0.25) is 9.05 Å². The number of phosphoric acid groups is 2. The van der Waals surface area contributed by atoms with Gasteiger partial charge in [-0.2, -0.15) is 12.7 Å². The van der Waals surface area contributed by atoms with Gasteiger partial charge in [-0.15, -0.1) is 8.96 Å². The third-order valence-electron chi connectivity index (χ3n) is 1.44. The second-order valence-corrected chi connectivity index (χ2v) is 10.4. The maximum Gasteiger partial charge on any atom is 0.483 e. The van der Waals surface area contributed by atoms with Crippen LogP contribution < -0.4 is 4.86 Å². The Morgan fingerprint density at radius 3 is 2.00 bits per heavy atom. The monoisotopic (exact) mass is 447 g/mol. The second-order valence-electron chi connectivity index (χ2n) is 3.08. The SMILES string of the molecule is CCOP(=O)(OCC)OP(=O)(O)O.FN1PNP(F)N(F)P1F. The van der Waals surface area contributed by atoms with Gasteiger partial charge < -0.3 is 9.79 Å². The van der Waals surface area contributed by atoms with Crippen molar-refractivity contribution in [1.82, 2.24) is 14.2 Å². The van der Waals surface area contributed by atoms with Crippen molar-refractivity contribution in [3.05, 3.63) is 0 Å². The molecular formula is C4H14F4N3O7P5. The number of nitrogens with zero attached hydrogens (tertiary/aromatic N) is 2. The first-order valence-corrected chi connectivity index (χ1v) is 11.7. The van der Waals surface area contributed by atoms with Gasteiger partial charge in [0.2, 0.25) is 0 Å². The molecule has 1 aliphatic heterocycles. The molecule has 0 spiro atoms. The van der Waals surface area contributed by atoms with Gasteiger partial charge in [0.15, 0.2) is 0 Å². The van der Waals surface area contributed by atoms with Crippen molar-refractivity contribution in [1.29, 1.82) is 0 Å². The van der Waals surface area contributed by atoms with Crippen LogP contribution in [0.15, 0.2) is 0 Å². The summed E-state index contributed by atoms with van der Waals surface area (Å²) in [4.78, 5) is 18.5. The van der Waals surface area contributed by atoms with E-state index in [1.54, 1.807) is 0 Å². The molecule has 0 aliphatic carbocycles. The minimum Gasteiger partial charge on any atom is -0.302 e. The molecule has 3 atom stereocenters. The number of phosphoric ester groups is 1. The molecular weight excluding hydrogens is 433 g/mol. The van der Waals surface area contributed by atoms with E-state index >= 15 is 0 Å². The van der Waals surface area contributed by atoms with Crippen molar-refractivity contribution in [2.75, 3.05) is 13.2 Å². The summed E-state index contributed by atoms with van der Waals surface area (Å²) in [6.07, 6.45) is 0. The van der Waals surface area contributed by atoms with Crippen molar-refractivity contribution in [3.8, 4) is 0 Å². The van der Waals surface area contributed by atoms with Crippen molar-refractivity contribution in [3.63, 3.8) is 0 Å². The van der Waals surface area contributed by atoms with Crippen LogP contribution in [0.5, 0.6) is 0 Å². The maximum absolute atomic E-state index is 12.1. The summed E-state index contributed by atoms with van der Waals surface area (Å²) in [7, 11) is -15.8. The Morgan fingerprint density at radius 2 is 1.65 bits per heavy atom. The van der Waals surface area contributed by atoms with Crippen LogP contribution in [0.2, 0.25) is 0 Å². The molecule has 1 heterocycles. The molecule has 0 amide bonds. The van der Waals surface area contributed by atoms with Gasteiger partial charge in [0.25, 0.3) is 8.53 Å². The van der Waals surface area contributed by atoms with Crippen LogP contribution >= 0.6 is 41.6 Å². The zero-order valence-corrected chi connectivity index (χ0v) is 16.1. The van der Waals surface area contributed by atoms with Crippen LogP contribution in [0.4, 0.5) is 17.4 Å². The van der Waals surface area contributed by atoms with E-state index in [1.807, 2.05) is 4.86 Å². The summed E-state index contributed by atoms with van der Waals surface area (Å²) in [6.45, 7) is 2.93. The quantitative estimate of drug-likeness (QED) is 0.311. The fourth-order valence-corrected chi connectivity index (χ4v) is 6.40. The standard InChI is InChI=1S/C4H12O7P2.F4H2N3P3/c1-3-9-13(8,10-4-2)11-12(5,6)7;1-6-8-5-9(3)7(2)10(6)4/h3-4H2,1-2H3,(H2,5,6,7);5,8H. The lowest BCUT2D eigenvalue weighted by Gasteiger charge is -2.27. The van der Waals surface area contributed by atoms with Crippen molar-refractivity contribution >= 4 is 41.6 Å². The number of rotatable bonds is 6. The summed E-state index contributed by atoms with van der Waals surface area (Å²) in [5.74, 6) is 0. The van der Waals surface area contributed by atoms with Gasteiger partial charge in [-0.05, 0) is 23.2 Å². The first kappa shape index (κ1) is 24.1. The Kier molecular flexibility index (Phi) is 11.5. The van der Waals surface area contributed by atoms with Crippen molar-refractivity contribution < 1.29 is 49.6 Å². The average Bonchev–Trinajstić information content (AvgIpc) is 2.40. The Morgan fingerprint density at radius 1 is 1.17 bits per heavy atom. The van der Waals surface area contributed by atoms with Crippen molar-refractivity contribution in [2.24, 2.45) is 0 Å². The molecule has 0 radical (unpaired) electrons. The third kappa shape index (κ3) is 10.0. The molecule has 0 saturated carbocycles. The molecule has 3 unspecified atom stereocenters. The van der Waals surface area contributed by atoms with Gasteiger partial charge in [0, 0.05) is 0 Å². The summed E-state index contributed by atoms with van der Waals surface area (Å²) < 4.78 is 81.5. The van der Waals surface area contributed by atoms with E-state index in [2.05, 4.69) is 13.4 Å². The number of nitrogens with one attached hydrogen (secondary N) is 1. The maximum atomic E-state index is 12.1. The number of hydrogen-bond donors (Lipinski definition) is 3. The largest absolute Gasteiger partial charge is 0.483 e. The average molecular weight is 447 g/mol. The summed E-state index contributed by atoms with van der Waals surface area (Å²) in [5, 5.41) is 0. The molecule has 19 heteroatoms. The molecule has 0 aromatic heterocycles. The van der Waals surface area contributed by atoms with Crippen LogP contribution in [0, 0.1) is 0 Å². The highest BCUT2D eigenvalue weighted by Crippen LogP contribution is 2.67. The lowest BCUT2D eigenvalue weighted by atomic mass is 10.9. The van der Waals surface area contributed by atoms with Gasteiger partial charge in [0.1, 0.15) is 0 Å². The molecule has 0 aromatic carbocycles. The lowest BCUT2D eigenvalue weighted by molar-refractivity contribution is 0.149. The van der Waals surface area contributed by atoms with E-state index in [4.69, 9.17) is 9.79 Å². The minimum atomic E-state index is -4.86. The van der Waals surface area contributed by atoms with Gasteiger partial charge in [-0.25, -0.2) is 14.0 Å². The van der Waals surface area contributed by atoms with E-state index in [0.717, 1.165) is 0 Å². The first-order chi connectivity index (χ1) is 10.5. The van der Waals surface area contributed by atoms with E-state index < -0.39 is 50.9 Å².